The van der Waals surface area contributed by atoms with Crippen molar-refractivity contribution in [3.8, 4) is 11.5 Å². The summed E-state index contributed by atoms with van der Waals surface area (Å²) < 4.78 is 0. The van der Waals surface area contributed by atoms with Gasteiger partial charge in [-0.15, -0.1) is 0 Å². The topological polar surface area (TPSA) is 40.5 Å². The number of benzene rings is 2. The first kappa shape index (κ1) is 20.6. The summed E-state index contributed by atoms with van der Waals surface area (Å²) >= 11 is 0. The van der Waals surface area contributed by atoms with E-state index in [0.29, 0.717) is 16.5 Å². The van der Waals surface area contributed by atoms with E-state index >= 15 is 0 Å². The van der Waals surface area contributed by atoms with Crippen molar-refractivity contribution < 1.29 is 10.2 Å². The van der Waals surface area contributed by atoms with Crippen LogP contribution in [-0.2, 0) is 12.8 Å². The molecule has 0 radical (unpaired) electrons. The molecule has 2 nitrogen and oxygen atoms in total. The molecule has 0 aromatic heterocycles. The quantitative estimate of drug-likeness (QED) is 0.492. The third-order valence-electron chi connectivity index (χ3n) is 6.82. The molecule has 142 valence electrons. The lowest BCUT2D eigenvalue weighted by Crippen LogP contribution is -2.43. The Morgan fingerprint density at radius 1 is 0.808 bits per heavy atom. The molecule has 0 heterocycles. The average Bonchev–Trinajstić information content (AvgIpc) is 2.66. The van der Waals surface area contributed by atoms with Gasteiger partial charge < -0.3 is 10.2 Å². The van der Waals surface area contributed by atoms with E-state index in [0.717, 1.165) is 12.8 Å². The van der Waals surface area contributed by atoms with Crippen LogP contribution in [0.15, 0.2) is 48.5 Å². The number of aryl methyl sites for hydroxylation is 2. The highest BCUT2D eigenvalue weighted by Gasteiger charge is 2.42. The fraction of sp³-hybridized carbons (Fsp3) is 0.478. The minimum Gasteiger partial charge on any atom is -0.508 e. The van der Waals surface area contributed by atoms with Crippen LogP contribution in [0.2, 0.25) is 23.7 Å². The zero-order valence-corrected chi connectivity index (χ0v) is 17.8. The van der Waals surface area contributed by atoms with Gasteiger partial charge in [0.2, 0.25) is 0 Å². The summed E-state index contributed by atoms with van der Waals surface area (Å²) in [6.45, 7) is 9.80. The summed E-state index contributed by atoms with van der Waals surface area (Å²) in [5.74, 6) is 0.685. The summed E-state index contributed by atoms with van der Waals surface area (Å²) in [5.41, 5.74) is 2.64. The molecule has 2 N–H and O–H groups in total. The zero-order chi connectivity index (χ0) is 19.2. The summed E-state index contributed by atoms with van der Waals surface area (Å²) in [6.07, 6.45) is 4.61. The van der Waals surface area contributed by atoms with E-state index in [9.17, 15) is 10.2 Å². The van der Waals surface area contributed by atoms with Gasteiger partial charge in [-0.2, -0.15) is 0 Å². The van der Waals surface area contributed by atoms with Crippen LogP contribution in [0, 0.1) is 0 Å². The van der Waals surface area contributed by atoms with Crippen LogP contribution in [0.5, 0.6) is 11.5 Å². The highest BCUT2D eigenvalue weighted by atomic mass is 28.3. The van der Waals surface area contributed by atoms with Gasteiger partial charge in [0, 0.05) is 0 Å². The molecular formula is C23H34O2Si. The molecule has 0 saturated carbocycles. The van der Waals surface area contributed by atoms with Gasteiger partial charge in [-0.05, 0) is 59.7 Å². The summed E-state index contributed by atoms with van der Waals surface area (Å²) in [7, 11) is -1.45. The Labute approximate surface area is 159 Å². The van der Waals surface area contributed by atoms with E-state index in [2.05, 4.69) is 39.5 Å². The van der Waals surface area contributed by atoms with Crippen molar-refractivity contribution in [1.82, 2.24) is 0 Å². The Bertz CT molecular complexity index is 619. The molecular weight excluding hydrogens is 336 g/mol. The molecule has 0 aliphatic heterocycles. The molecule has 0 aliphatic rings. The molecule has 2 aromatic rings. The molecule has 26 heavy (non-hydrogen) atoms. The molecule has 2 atom stereocenters. The van der Waals surface area contributed by atoms with Gasteiger partial charge in [0.15, 0.2) is 0 Å². The second-order valence-corrected chi connectivity index (χ2v) is 13.7. The van der Waals surface area contributed by atoms with Gasteiger partial charge in [-0.25, -0.2) is 0 Å². The van der Waals surface area contributed by atoms with E-state index in [4.69, 9.17) is 0 Å². The SMILES string of the molecule is CCC(C)(CCc1ccc(O)cc1)[Si](C)(CC)CCc1ccc(O)cc1. The highest BCUT2D eigenvalue weighted by Crippen LogP contribution is 2.49. The number of hydrogen-bond acceptors (Lipinski definition) is 2. The molecule has 2 rings (SSSR count). The molecule has 0 aliphatic carbocycles. The Kier molecular flexibility index (Phi) is 6.93. The maximum atomic E-state index is 9.49. The molecule has 2 unspecified atom stereocenters. The standard InChI is InChI=1S/C23H34O2Si/c1-5-23(3,17-15-19-7-11-21(24)12-8-19)26(4,6-2)18-16-20-9-13-22(25)14-10-20/h7-14,24-25H,5-6,15-18H2,1-4H3. The third kappa shape index (κ3) is 4.91. The lowest BCUT2D eigenvalue weighted by molar-refractivity contribution is 0.474. The molecule has 0 fully saturated rings. The summed E-state index contributed by atoms with van der Waals surface area (Å²) in [4.78, 5) is 0. The van der Waals surface area contributed by atoms with Crippen LogP contribution < -0.4 is 0 Å². The third-order valence-corrected chi connectivity index (χ3v) is 13.3. The maximum absolute atomic E-state index is 9.49. The van der Waals surface area contributed by atoms with E-state index in [-0.39, 0.29) is 0 Å². The zero-order valence-electron chi connectivity index (χ0n) is 16.8. The van der Waals surface area contributed by atoms with Gasteiger partial charge in [0.25, 0.3) is 0 Å². The number of aromatic hydroxyl groups is 2. The minimum absolute atomic E-state index is 0.341. The van der Waals surface area contributed by atoms with E-state index < -0.39 is 8.07 Å². The largest absolute Gasteiger partial charge is 0.508 e. The van der Waals surface area contributed by atoms with Crippen molar-refractivity contribution in [1.29, 1.82) is 0 Å². The molecule has 0 bridgehead atoms. The molecule has 0 saturated heterocycles. The first-order valence-corrected chi connectivity index (χ1v) is 12.8. The van der Waals surface area contributed by atoms with Crippen molar-refractivity contribution in [3.63, 3.8) is 0 Å². The van der Waals surface area contributed by atoms with E-state index in [1.54, 1.807) is 24.3 Å². The summed E-state index contributed by atoms with van der Waals surface area (Å²) in [6, 6.07) is 18.0. The van der Waals surface area contributed by atoms with Crippen LogP contribution in [0.3, 0.4) is 0 Å². The maximum Gasteiger partial charge on any atom is 0.115 e. The van der Waals surface area contributed by atoms with Gasteiger partial charge >= 0.3 is 0 Å². The lowest BCUT2D eigenvalue weighted by atomic mass is 9.97. The first-order chi connectivity index (χ1) is 12.3. The van der Waals surface area contributed by atoms with E-state index in [1.165, 1.54) is 36.1 Å². The van der Waals surface area contributed by atoms with Gasteiger partial charge in [-0.1, -0.05) is 70.1 Å². The Balaban J connectivity index is 2.08. The predicted molar refractivity (Wildman–Crippen MR) is 114 cm³/mol. The predicted octanol–water partition coefficient (Wildman–Crippen LogP) is 6.54. The van der Waals surface area contributed by atoms with Crippen LogP contribution in [0.1, 0.15) is 44.7 Å². The van der Waals surface area contributed by atoms with Gasteiger partial charge in [0.05, 0.1) is 8.07 Å². The normalized spacial score (nSPS) is 16.0. The molecule has 3 heteroatoms. The second-order valence-electron chi connectivity index (χ2n) is 8.16. The molecule has 0 amide bonds. The van der Waals surface area contributed by atoms with Crippen molar-refractivity contribution in [2.45, 2.75) is 70.1 Å². The lowest BCUT2D eigenvalue weighted by Gasteiger charge is -2.45. The molecule has 0 spiro atoms. The van der Waals surface area contributed by atoms with Gasteiger partial charge in [-0.3, -0.25) is 0 Å². The minimum atomic E-state index is -1.45. The van der Waals surface area contributed by atoms with Crippen LogP contribution >= 0.6 is 0 Å². The highest BCUT2D eigenvalue weighted by molar-refractivity contribution is 6.81. The first-order valence-electron chi connectivity index (χ1n) is 9.88. The Morgan fingerprint density at radius 2 is 1.27 bits per heavy atom. The monoisotopic (exact) mass is 370 g/mol. The number of hydrogen-bond donors (Lipinski definition) is 2. The fourth-order valence-electron chi connectivity index (χ4n) is 3.98. The number of rotatable bonds is 9. The van der Waals surface area contributed by atoms with Crippen LogP contribution in [0.4, 0.5) is 0 Å². The second kappa shape index (κ2) is 8.76. The fourth-order valence-corrected chi connectivity index (χ4v) is 8.21. The Morgan fingerprint density at radius 3 is 1.69 bits per heavy atom. The van der Waals surface area contributed by atoms with Crippen molar-refractivity contribution in [3.05, 3.63) is 59.7 Å². The van der Waals surface area contributed by atoms with Crippen LogP contribution in [-0.4, -0.2) is 18.3 Å². The Hall–Kier alpha value is -1.74. The number of phenolic OH excluding ortho intramolecular Hbond substituents is 2. The summed E-state index contributed by atoms with van der Waals surface area (Å²) in [5, 5.41) is 19.4. The van der Waals surface area contributed by atoms with Crippen LogP contribution in [0.25, 0.3) is 0 Å². The van der Waals surface area contributed by atoms with E-state index in [1.807, 2.05) is 12.1 Å². The smallest absolute Gasteiger partial charge is 0.115 e. The van der Waals surface area contributed by atoms with Crippen molar-refractivity contribution in [2.75, 3.05) is 0 Å². The molecule has 2 aromatic carbocycles. The number of phenols is 2. The van der Waals surface area contributed by atoms with Crippen molar-refractivity contribution in [2.24, 2.45) is 0 Å². The van der Waals surface area contributed by atoms with Crippen molar-refractivity contribution >= 4 is 8.07 Å². The van der Waals surface area contributed by atoms with Gasteiger partial charge in [0.1, 0.15) is 11.5 Å². The average molecular weight is 371 g/mol.